The highest BCUT2D eigenvalue weighted by Gasteiger charge is 2.40. The third kappa shape index (κ3) is 5.54. The van der Waals surface area contributed by atoms with Gasteiger partial charge in [0, 0.05) is 6.54 Å². The maximum atomic E-state index is 13.4. The van der Waals surface area contributed by atoms with Crippen LogP contribution in [0.5, 0.6) is 5.75 Å². The summed E-state index contributed by atoms with van der Waals surface area (Å²) >= 11 is 0. The molecule has 1 aliphatic heterocycles. The molecule has 1 heterocycles. The number of para-hydroxylation sites is 1. The number of fused-ring (bicyclic) bond motifs is 1. The zero-order chi connectivity index (χ0) is 25.0. The fourth-order valence-electron chi connectivity index (χ4n) is 3.97. The molecular formula is C29H30N2O4. The zero-order valence-corrected chi connectivity index (χ0v) is 20.3. The van der Waals surface area contributed by atoms with Crippen LogP contribution in [-0.2, 0) is 17.9 Å². The van der Waals surface area contributed by atoms with Crippen molar-refractivity contribution in [2.45, 2.75) is 45.7 Å². The summed E-state index contributed by atoms with van der Waals surface area (Å²) < 4.78 is 11.5. The summed E-state index contributed by atoms with van der Waals surface area (Å²) in [5.41, 5.74) is 2.27. The van der Waals surface area contributed by atoms with Crippen LogP contribution in [0.2, 0.25) is 0 Å². The summed E-state index contributed by atoms with van der Waals surface area (Å²) in [6.45, 7) is 10.1. The predicted octanol–water partition coefficient (Wildman–Crippen LogP) is 6.18. The minimum atomic E-state index is -0.693. The van der Waals surface area contributed by atoms with E-state index in [2.05, 4.69) is 6.58 Å². The molecule has 3 aromatic rings. The molecule has 1 atom stereocenters. The van der Waals surface area contributed by atoms with E-state index in [1.54, 1.807) is 35.2 Å². The summed E-state index contributed by atoms with van der Waals surface area (Å²) in [6, 6.07) is 24.6. The third-order valence-corrected chi connectivity index (χ3v) is 5.56. The number of carbonyl (C=O) groups excluding carboxylic acids is 2. The van der Waals surface area contributed by atoms with Gasteiger partial charge in [0.15, 0.2) is 0 Å². The molecule has 3 aromatic carbocycles. The van der Waals surface area contributed by atoms with Crippen molar-refractivity contribution in [2.75, 3.05) is 4.90 Å². The molecule has 0 saturated carbocycles. The van der Waals surface area contributed by atoms with Crippen LogP contribution in [0.4, 0.5) is 10.5 Å². The number of ether oxygens (including phenoxy) is 2. The van der Waals surface area contributed by atoms with Crippen molar-refractivity contribution in [3.05, 3.63) is 108 Å². The van der Waals surface area contributed by atoms with Crippen molar-refractivity contribution in [3.63, 3.8) is 0 Å². The molecule has 0 N–H and O–H groups in total. The fourth-order valence-corrected chi connectivity index (χ4v) is 3.97. The van der Waals surface area contributed by atoms with E-state index in [0.717, 1.165) is 16.9 Å². The lowest BCUT2D eigenvalue weighted by atomic mass is 10.0. The van der Waals surface area contributed by atoms with Gasteiger partial charge in [-0.1, -0.05) is 61.2 Å². The van der Waals surface area contributed by atoms with Gasteiger partial charge in [0.2, 0.25) is 0 Å². The van der Waals surface area contributed by atoms with E-state index in [0.29, 0.717) is 24.4 Å². The van der Waals surface area contributed by atoms with Crippen molar-refractivity contribution < 1.29 is 19.1 Å². The lowest BCUT2D eigenvalue weighted by Crippen LogP contribution is -2.56. The van der Waals surface area contributed by atoms with Gasteiger partial charge >= 0.3 is 6.09 Å². The van der Waals surface area contributed by atoms with E-state index < -0.39 is 17.9 Å². The maximum Gasteiger partial charge on any atom is 0.416 e. The molecule has 35 heavy (non-hydrogen) atoms. The van der Waals surface area contributed by atoms with Gasteiger partial charge in [-0.05, 0) is 62.2 Å². The first-order chi connectivity index (χ1) is 16.8. The van der Waals surface area contributed by atoms with Crippen molar-refractivity contribution in [2.24, 2.45) is 0 Å². The molecule has 0 radical (unpaired) electrons. The fraction of sp³-hybridized carbons (Fsp3) is 0.241. The second kappa shape index (κ2) is 10.1. The van der Waals surface area contributed by atoms with E-state index >= 15 is 0 Å². The van der Waals surface area contributed by atoms with E-state index in [1.807, 2.05) is 75.4 Å². The second-order valence-corrected chi connectivity index (χ2v) is 9.37. The quantitative estimate of drug-likeness (QED) is 0.404. The number of nitrogens with zero attached hydrogens (tertiary/aromatic N) is 2. The minimum Gasteiger partial charge on any atom is -0.489 e. The number of amides is 2. The molecule has 0 spiro atoms. The Kier molecular flexibility index (Phi) is 6.92. The normalized spacial score (nSPS) is 15.4. The standard InChI is InChI=1S/C29H30N2O4/c1-5-26-30(19-21-15-17-23(18-16-21)34-20-22-11-7-6-8-12-22)27(32)24-13-9-10-14-25(24)31(26)28(33)35-29(2,3)4/h5-18,26H,1,19-20H2,2-4H3. The summed E-state index contributed by atoms with van der Waals surface area (Å²) in [4.78, 5) is 29.7. The van der Waals surface area contributed by atoms with E-state index in [4.69, 9.17) is 9.47 Å². The van der Waals surface area contributed by atoms with Crippen LogP contribution in [0.25, 0.3) is 0 Å². The van der Waals surface area contributed by atoms with Gasteiger partial charge in [0.25, 0.3) is 5.91 Å². The Balaban J connectivity index is 1.56. The van der Waals surface area contributed by atoms with Gasteiger partial charge in [-0.3, -0.25) is 9.69 Å². The predicted molar refractivity (Wildman–Crippen MR) is 136 cm³/mol. The SMILES string of the molecule is C=CC1N(Cc2ccc(OCc3ccccc3)cc2)C(=O)c2ccccc2N1C(=O)OC(C)(C)C. The third-order valence-electron chi connectivity index (χ3n) is 5.56. The lowest BCUT2D eigenvalue weighted by Gasteiger charge is -2.43. The summed E-state index contributed by atoms with van der Waals surface area (Å²) in [5.74, 6) is 0.568. The van der Waals surface area contributed by atoms with E-state index in [1.165, 1.54) is 4.90 Å². The van der Waals surface area contributed by atoms with Crippen LogP contribution in [0.1, 0.15) is 42.3 Å². The molecule has 4 rings (SSSR count). The van der Waals surface area contributed by atoms with Gasteiger partial charge < -0.3 is 14.4 Å². The largest absolute Gasteiger partial charge is 0.489 e. The average molecular weight is 471 g/mol. The molecule has 0 aromatic heterocycles. The number of hydrogen-bond donors (Lipinski definition) is 0. The molecule has 0 bridgehead atoms. The van der Waals surface area contributed by atoms with Crippen molar-refractivity contribution in [3.8, 4) is 5.75 Å². The molecule has 1 aliphatic rings. The summed E-state index contributed by atoms with van der Waals surface area (Å²) in [5, 5.41) is 0. The number of rotatable bonds is 6. The number of anilines is 1. The first-order valence-electron chi connectivity index (χ1n) is 11.6. The maximum absolute atomic E-state index is 13.4. The van der Waals surface area contributed by atoms with Crippen LogP contribution < -0.4 is 9.64 Å². The Bertz CT molecular complexity index is 1200. The van der Waals surface area contributed by atoms with Gasteiger partial charge in [0.1, 0.15) is 24.1 Å². The number of hydrogen-bond acceptors (Lipinski definition) is 4. The van der Waals surface area contributed by atoms with Crippen molar-refractivity contribution >= 4 is 17.7 Å². The Hall–Kier alpha value is -4.06. The Labute approximate surface area is 206 Å². The molecule has 2 amide bonds. The van der Waals surface area contributed by atoms with Crippen LogP contribution in [0.15, 0.2) is 91.5 Å². The Morgan fingerprint density at radius 1 is 0.943 bits per heavy atom. The second-order valence-electron chi connectivity index (χ2n) is 9.37. The molecule has 0 saturated heterocycles. The van der Waals surface area contributed by atoms with Crippen molar-refractivity contribution in [1.82, 2.24) is 4.90 Å². The molecular weight excluding hydrogens is 440 g/mol. The van der Waals surface area contributed by atoms with Crippen molar-refractivity contribution in [1.29, 1.82) is 0 Å². The van der Waals surface area contributed by atoms with Crippen LogP contribution in [0, 0.1) is 0 Å². The number of benzene rings is 3. The molecule has 6 nitrogen and oxygen atoms in total. The molecule has 6 heteroatoms. The van der Waals surface area contributed by atoms with Crippen LogP contribution in [0.3, 0.4) is 0 Å². The highest BCUT2D eigenvalue weighted by Crippen LogP contribution is 2.34. The Morgan fingerprint density at radius 3 is 2.26 bits per heavy atom. The Morgan fingerprint density at radius 2 is 1.60 bits per heavy atom. The molecule has 1 unspecified atom stereocenters. The first kappa shape index (κ1) is 24.1. The summed E-state index contributed by atoms with van der Waals surface area (Å²) in [7, 11) is 0. The average Bonchev–Trinajstić information content (AvgIpc) is 2.84. The first-order valence-corrected chi connectivity index (χ1v) is 11.6. The monoisotopic (exact) mass is 470 g/mol. The highest BCUT2D eigenvalue weighted by atomic mass is 16.6. The zero-order valence-electron chi connectivity index (χ0n) is 20.3. The molecule has 0 fully saturated rings. The van der Waals surface area contributed by atoms with Crippen LogP contribution >= 0.6 is 0 Å². The molecule has 0 aliphatic carbocycles. The smallest absolute Gasteiger partial charge is 0.416 e. The highest BCUT2D eigenvalue weighted by molar-refractivity contribution is 6.07. The minimum absolute atomic E-state index is 0.172. The van der Waals surface area contributed by atoms with E-state index in [9.17, 15) is 9.59 Å². The summed E-state index contributed by atoms with van der Waals surface area (Å²) in [6.07, 6.45) is 0.369. The van der Waals surface area contributed by atoms with Gasteiger partial charge in [-0.2, -0.15) is 0 Å². The molecule has 180 valence electrons. The van der Waals surface area contributed by atoms with Gasteiger partial charge in [0.05, 0.1) is 11.3 Å². The van der Waals surface area contributed by atoms with E-state index in [-0.39, 0.29) is 5.91 Å². The van der Waals surface area contributed by atoms with Crippen LogP contribution in [-0.4, -0.2) is 28.7 Å². The van der Waals surface area contributed by atoms with Gasteiger partial charge in [-0.15, -0.1) is 0 Å². The lowest BCUT2D eigenvalue weighted by molar-refractivity contribution is 0.0484. The van der Waals surface area contributed by atoms with Gasteiger partial charge in [-0.25, -0.2) is 4.79 Å². The number of carbonyl (C=O) groups is 2. The topological polar surface area (TPSA) is 59.1 Å².